The van der Waals surface area contributed by atoms with Crippen LogP contribution in [0.15, 0.2) is 6.07 Å². The Hall–Kier alpha value is -0.460. The Morgan fingerprint density at radius 1 is 1.21 bits per heavy atom. The molecule has 8 heteroatoms. The van der Waals surface area contributed by atoms with Crippen molar-refractivity contribution in [1.82, 2.24) is 0 Å². The third kappa shape index (κ3) is 3.77. The number of benzene rings is 1. The van der Waals surface area contributed by atoms with Crippen LogP contribution in [-0.4, -0.2) is 34.7 Å². The monoisotopic (exact) mass is 490 g/mol. The molecule has 104 valence electrons. The summed E-state index contributed by atoms with van der Waals surface area (Å²) in [7, 11) is 0. The molecular weight excluding hydrogens is 478 g/mol. The van der Waals surface area contributed by atoms with E-state index in [1.807, 2.05) is 45.2 Å². The summed E-state index contributed by atoms with van der Waals surface area (Å²) in [5.41, 5.74) is 11.5. The maximum atomic E-state index is 11.5. The van der Waals surface area contributed by atoms with Crippen molar-refractivity contribution in [3.05, 3.63) is 29.9 Å². The summed E-state index contributed by atoms with van der Waals surface area (Å²) in [6.45, 7) is -0.417. The Bertz CT molecular complexity index is 534. The number of carbonyl (C=O) groups excluding carboxylic acids is 2. The minimum Gasteiger partial charge on any atom is -0.394 e. The van der Waals surface area contributed by atoms with E-state index in [-0.39, 0.29) is 17.5 Å². The lowest BCUT2D eigenvalue weighted by atomic mass is 10.0. The molecule has 0 saturated heterocycles. The van der Waals surface area contributed by atoms with Gasteiger partial charge in [-0.25, -0.2) is 0 Å². The van der Waals surface area contributed by atoms with E-state index in [4.69, 9.17) is 16.6 Å². The first-order valence-electron chi connectivity index (χ1n) is 5.19. The number of aliphatic hydroxyl groups excluding tert-OH is 2. The second-order valence-electron chi connectivity index (χ2n) is 3.86. The molecule has 6 nitrogen and oxygen atoms in total. The van der Waals surface area contributed by atoms with Gasteiger partial charge in [0, 0.05) is 13.6 Å². The van der Waals surface area contributed by atoms with Gasteiger partial charge in [0.15, 0.2) is 0 Å². The Labute approximate surface area is 136 Å². The number of aliphatic hydroxyl groups is 2. The van der Waals surface area contributed by atoms with Gasteiger partial charge in [-0.15, -0.1) is 0 Å². The van der Waals surface area contributed by atoms with E-state index in [1.165, 1.54) is 6.07 Å². The van der Waals surface area contributed by atoms with Gasteiger partial charge in [-0.05, 0) is 56.8 Å². The van der Waals surface area contributed by atoms with E-state index < -0.39 is 24.5 Å². The molecule has 0 spiro atoms. The molecule has 0 bridgehead atoms. The third-order valence-electron chi connectivity index (χ3n) is 2.45. The zero-order valence-corrected chi connectivity index (χ0v) is 14.0. The molecule has 0 aliphatic heterocycles. The number of rotatable bonds is 5. The van der Waals surface area contributed by atoms with Gasteiger partial charge < -0.3 is 21.7 Å². The van der Waals surface area contributed by atoms with Gasteiger partial charge in [0.25, 0.3) is 5.91 Å². The van der Waals surface area contributed by atoms with E-state index in [2.05, 4.69) is 0 Å². The van der Waals surface area contributed by atoms with E-state index in [0.717, 1.165) is 0 Å². The zero-order chi connectivity index (χ0) is 14.7. The fourth-order valence-electron chi connectivity index (χ4n) is 1.56. The lowest BCUT2D eigenvalue weighted by molar-refractivity contribution is 0.0948. The van der Waals surface area contributed by atoms with Crippen LogP contribution in [0.3, 0.4) is 0 Å². The summed E-state index contributed by atoms with van der Waals surface area (Å²) in [4.78, 5) is 22.8. The molecule has 0 saturated carbocycles. The number of hydrogen-bond donors (Lipinski definition) is 4. The van der Waals surface area contributed by atoms with Gasteiger partial charge in [-0.3, -0.25) is 9.59 Å². The molecule has 1 atom stereocenters. The van der Waals surface area contributed by atoms with Crippen molar-refractivity contribution in [2.45, 2.75) is 12.5 Å². The molecule has 19 heavy (non-hydrogen) atoms. The molecule has 0 aliphatic carbocycles. The Kier molecular flexibility index (Phi) is 5.95. The van der Waals surface area contributed by atoms with Crippen molar-refractivity contribution in [1.29, 1.82) is 0 Å². The molecule has 0 heterocycles. The van der Waals surface area contributed by atoms with Crippen LogP contribution in [0.2, 0.25) is 0 Å². The third-order valence-corrected chi connectivity index (χ3v) is 4.81. The zero-order valence-electron chi connectivity index (χ0n) is 9.69. The Balaban J connectivity index is 3.48. The van der Waals surface area contributed by atoms with Crippen molar-refractivity contribution in [2.24, 2.45) is 11.5 Å². The van der Waals surface area contributed by atoms with Crippen LogP contribution in [0.1, 0.15) is 26.3 Å². The highest BCUT2D eigenvalue weighted by Crippen LogP contribution is 2.27. The van der Waals surface area contributed by atoms with Crippen LogP contribution in [0.5, 0.6) is 0 Å². The summed E-state index contributed by atoms with van der Waals surface area (Å²) >= 11 is 3.76. The van der Waals surface area contributed by atoms with Crippen LogP contribution in [0, 0.1) is 7.14 Å². The van der Waals surface area contributed by atoms with Gasteiger partial charge in [0.1, 0.15) is 0 Å². The van der Waals surface area contributed by atoms with Gasteiger partial charge >= 0.3 is 0 Å². The standard InChI is InChI=1S/C11H12I2N2O4/c12-8-4(1-5(17)3-16)2-6(10(14)18)9(13)7(8)11(15)19/h2,5,16-17H,1,3H2,(H2,14,18)(H2,15,19). The highest BCUT2D eigenvalue weighted by atomic mass is 127. The lowest BCUT2D eigenvalue weighted by Crippen LogP contribution is -2.23. The summed E-state index contributed by atoms with van der Waals surface area (Å²) in [5.74, 6) is -1.35. The van der Waals surface area contributed by atoms with E-state index in [9.17, 15) is 14.7 Å². The fourth-order valence-corrected chi connectivity index (χ4v) is 3.94. The molecule has 0 fully saturated rings. The molecule has 1 rings (SSSR count). The molecule has 2 amide bonds. The molecule has 1 unspecified atom stereocenters. The highest BCUT2D eigenvalue weighted by molar-refractivity contribution is 14.1. The second-order valence-corrected chi connectivity index (χ2v) is 6.01. The summed E-state index contributed by atoms with van der Waals surface area (Å²) in [6, 6.07) is 1.51. The summed E-state index contributed by atoms with van der Waals surface area (Å²) in [6.07, 6.45) is -0.873. The molecule has 1 aromatic rings. The van der Waals surface area contributed by atoms with Gasteiger partial charge in [0.2, 0.25) is 5.91 Å². The van der Waals surface area contributed by atoms with Crippen molar-refractivity contribution < 1.29 is 19.8 Å². The van der Waals surface area contributed by atoms with E-state index >= 15 is 0 Å². The smallest absolute Gasteiger partial charge is 0.250 e. The van der Waals surface area contributed by atoms with Crippen LogP contribution >= 0.6 is 45.2 Å². The SMILES string of the molecule is NC(=O)c1cc(CC(O)CO)c(I)c(C(N)=O)c1I. The second kappa shape index (κ2) is 6.81. The van der Waals surface area contributed by atoms with Crippen LogP contribution in [0.25, 0.3) is 0 Å². The fraction of sp³-hybridized carbons (Fsp3) is 0.273. The van der Waals surface area contributed by atoms with Gasteiger partial charge in [-0.1, -0.05) is 0 Å². The first kappa shape index (κ1) is 16.6. The van der Waals surface area contributed by atoms with Crippen LogP contribution in [0.4, 0.5) is 0 Å². The average Bonchev–Trinajstić information content (AvgIpc) is 2.31. The van der Waals surface area contributed by atoms with Gasteiger partial charge in [0.05, 0.1) is 23.8 Å². The molecule has 0 radical (unpaired) electrons. The van der Waals surface area contributed by atoms with Crippen molar-refractivity contribution >= 4 is 57.0 Å². The number of amides is 2. The van der Waals surface area contributed by atoms with E-state index in [0.29, 0.717) is 12.7 Å². The predicted molar refractivity (Wildman–Crippen MR) is 85.7 cm³/mol. The average molecular weight is 490 g/mol. The lowest BCUT2D eigenvalue weighted by Gasteiger charge is -2.15. The topological polar surface area (TPSA) is 127 Å². The summed E-state index contributed by atoms with van der Waals surface area (Å²) < 4.78 is 0.941. The first-order chi connectivity index (χ1) is 8.79. The minimum absolute atomic E-state index is 0.103. The van der Waals surface area contributed by atoms with Crippen molar-refractivity contribution in [3.63, 3.8) is 0 Å². The number of nitrogens with two attached hydrogens (primary N) is 2. The Morgan fingerprint density at radius 3 is 2.21 bits per heavy atom. The largest absolute Gasteiger partial charge is 0.394 e. The number of hydrogen-bond acceptors (Lipinski definition) is 4. The molecule has 0 aliphatic rings. The quantitative estimate of drug-likeness (QED) is 0.434. The molecule has 0 aromatic heterocycles. The number of carbonyl (C=O) groups is 2. The maximum Gasteiger partial charge on any atom is 0.250 e. The normalized spacial score (nSPS) is 12.2. The maximum absolute atomic E-state index is 11.5. The minimum atomic E-state index is -0.977. The van der Waals surface area contributed by atoms with Crippen LogP contribution in [-0.2, 0) is 6.42 Å². The van der Waals surface area contributed by atoms with Crippen molar-refractivity contribution in [3.8, 4) is 0 Å². The number of primary amides is 2. The first-order valence-corrected chi connectivity index (χ1v) is 7.34. The van der Waals surface area contributed by atoms with Crippen LogP contribution < -0.4 is 11.5 Å². The molecule has 6 N–H and O–H groups in total. The Morgan fingerprint density at radius 2 is 1.79 bits per heavy atom. The molecule has 1 aromatic carbocycles. The summed E-state index contributed by atoms with van der Waals surface area (Å²) in [5, 5.41) is 18.3. The highest BCUT2D eigenvalue weighted by Gasteiger charge is 2.22. The predicted octanol–water partition coefficient (Wildman–Crippen LogP) is -0.0107. The van der Waals surface area contributed by atoms with E-state index in [1.54, 1.807) is 0 Å². The molecular formula is C11H12I2N2O4. The van der Waals surface area contributed by atoms with Gasteiger partial charge in [-0.2, -0.15) is 0 Å². The number of halogens is 2. The van der Waals surface area contributed by atoms with Crippen molar-refractivity contribution in [2.75, 3.05) is 6.61 Å².